The summed E-state index contributed by atoms with van der Waals surface area (Å²) in [5, 5.41) is 0.283. The molecule has 1 aromatic carbocycles. The normalized spacial score (nSPS) is 21.4. The van der Waals surface area contributed by atoms with Gasteiger partial charge in [-0.05, 0) is 43.5 Å². The zero-order valence-electron chi connectivity index (χ0n) is 16.5. The Morgan fingerprint density at radius 2 is 2.10 bits per heavy atom. The Morgan fingerprint density at radius 1 is 1.31 bits per heavy atom. The number of aromatic amines is 1. The summed E-state index contributed by atoms with van der Waals surface area (Å²) in [6.07, 6.45) is 0.366. The van der Waals surface area contributed by atoms with E-state index in [1.54, 1.807) is 11.0 Å². The van der Waals surface area contributed by atoms with Crippen LogP contribution in [0.1, 0.15) is 32.7 Å². The highest BCUT2D eigenvalue weighted by molar-refractivity contribution is 6.35. The van der Waals surface area contributed by atoms with Crippen LogP contribution in [0.3, 0.4) is 0 Å². The number of aryl methyl sites for hydroxylation is 2. The number of hydrogen-bond donors (Lipinski definition) is 2. The summed E-state index contributed by atoms with van der Waals surface area (Å²) in [5.74, 6) is 0.226. The number of ether oxygens (including phenoxy) is 2. The third-order valence-electron chi connectivity index (χ3n) is 5.54. The monoisotopic (exact) mass is 417 g/mol. The summed E-state index contributed by atoms with van der Waals surface area (Å²) in [6, 6.07) is 5.33. The summed E-state index contributed by atoms with van der Waals surface area (Å²) in [4.78, 5) is 30.0. The van der Waals surface area contributed by atoms with Gasteiger partial charge >= 0.3 is 0 Å². The molecule has 2 aromatic rings. The molecule has 4 rings (SSSR count). The maximum Gasteiger partial charge on any atom is 0.256 e. The van der Waals surface area contributed by atoms with Gasteiger partial charge in [0.1, 0.15) is 11.9 Å². The van der Waals surface area contributed by atoms with E-state index in [9.17, 15) is 9.59 Å². The van der Waals surface area contributed by atoms with Crippen molar-refractivity contribution in [3.63, 3.8) is 0 Å². The molecule has 3 heterocycles. The number of aromatic nitrogens is 1. The van der Waals surface area contributed by atoms with E-state index < -0.39 is 0 Å². The van der Waals surface area contributed by atoms with Gasteiger partial charge in [-0.15, -0.1) is 0 Å². The fourth-order valence-corrected chi connectivity index (χ4v) is 4.21. The van der Waals surface area contributed by atoms with Crippen LogP contribution < -0.4 is 16.0 Å². The second-order valence-corrected chi connectivity index (χ2v) is 8.07. The van der Waals surface area contributed by atoms with Crippen LogP contribution in [-0.4, -0.2) is 47.7 Å². The number of amides is 1. The third kappa shape index (κ3) is 3.77. The average molecular weight is 418 g/mol. The highest BCUT2D eigenvalue weighted by atomic mass is 35.5. The number of nitrogens with two attached hydrogens (primary N) is 1. The molecule has 2 atom stereocenters. The van der Waals surface area contributed by atoms with Crippen LogP contribution in [0.4, 0.5) is 0 Å². The Labute approximate surface area is 173 Å². The molecule has 154 valence electrons. The van der Waals surface area contributed by atoms with Gasteiger partial charge in [-0.3, -0.25) is 9.59 Å². The van der Waals surface area contributed by atoms with Crippen molar-refractivity contribution in [3.05, 3.63) is 61.5 Å². The smallest absolute Gasteiger partial charge is 0.256 e. The van der Waals surface area contributed by atoms with Gasteiger partial charge < -0.3 is 25.1 Å². The second-order valence-electron chi connectivity index (χ2n) is 7.69. The number of halogens is 1. The van der Waals surface area contributed by atoms with Gasteiger partial charge in [0.15, 0.2) is 0 Å². The van der Waals surface area contributed by atoms with Crippen LogP contribution in [0.25, 0.3) is 0 Å². The first-order chi connectivity index (χ1) is 13.8. The minimum absolute atomic E-state index is 0.167. The molecule has 7 nitrogen and oxygen atoms in total. The maximum absolute atomic E-state index is 13.2. The van der Waals surface area contributed by atoms with Gasteiger partial charge in [0.05, 0.1) is 36.4 Å². The van der Waals surface area contributed by atoms with E-state index in [0.29, 0.717) is 43.1 Å². The predicted octanol–water partition coefficient (Wildman–Crippen LogP) is 1.95. The molecule has 0 aliphatic carbocycles. The van der Waals surface area contributed by atoms with E-state index >= 15 is 0 Å². The first-order valence-corrected chi connectivity index (χ1v) is 10.0. The van der Waals surface area contributed by atoms with E-state index in [0.717, 1.165) is 16.8 Å². The fraction of sp³-hybridized carbons (Fsp3) is 0.429. The van der Waals surface area contributed by atoms with E-state index in [2.05, 4.69) is 4.98 Å². The SMILES string of the molecule is Cc1cc(C)c(CN2CCc3ccc(O[C@@H]4COC[C@@H]4N)c(Cl)c3C2=O)c(=O)[nH]1. The van der Waals surface area contributed by atoms with Crippen molar-refractivity contribution >= 4 is 17.5 Å². The largest absolute Gasteiger partial charge is 0.485 e. The Kier molecular flexibility index (Phi) is 5.38. The van der Waals surface area contributed by atoms with Crippen molar-refractivity contribution in [2.24, 2.45) is 5.73 Å². The molecule has 2 aliphatic rings. The molecule has 1 aromatic heterocycles. The molecule has 1 fully saturated rings. The van der Waals surface area contributed by atoms with E-state index in [4.69, 9.17) is 26.8 Å². The lowest BCUT2D eigenvalue weighted by molar-refractivity contribution is 0.0725. The van der Waals surface area contributed by atoms with Crippen molar-refractivity contribution in [2.75, 3.05) is 19.8 Å². The number of pyridine rings is 1. The predicted molar refractivity (Wildman–Crippen MR) is 110 cm³/mol. The Balaban J connectivity index is 1.61. The number of carbonyl (C=O) groups is 1. The zero-order valence-corrected chi connectivity index (χ0v) is 17.2. The van der Waals surface area contributed by atoms with Gasteiger partial charge in [0, 0.05) is 17.8 Å². The highest BCUT2D eigenvalue weighted by Gasteiger charge is 2.32. The van der Waals surface area contributed by atoms with Crippen LogP contribution in [0.5, 0.6) is 5.75 Å². The number of nitrogens with one attached hydrogen (secondary N) is 1. The van der Waals surface area contributed by atoms with Crippen molar-refractivity contribution in [1.82, 2.24) is 9.88 Å². The first kappa shape index (κ1) is 19.9. The number of hydrogen-bond acceptors (Lipinski definition) is 5. The topological polar surface area (TPSA) is 97.6 Å². The maximum atomic E-state index is 13.2. The number of benzene rings is 1. The minimum Gasteiger partial charge on any atom is -0.485 e. The molecule has 0 saturated carbocycles. The lowest BCUT2D eigenvalue weighted by Gasteiger charge is -2.30. The van der Waals surface area contributed by atoms with Gasteiger partial charge in [0.25, 0.3) is 11.5 Å². The zero-order chi connectivity index (χ0) is 20.7. The van der Waals surface area contributed by atoms with Crippen LogP contribution in [-0.2, 0) is 17.7 Å². The first-order valence-electron chi connectivity index (χ1n) is 9.65. The van der Waals surface area contributed by atoms with Crippen LogP contribution in [0.2, 0.25) is 5.02 Å². The molecular formula is C21H24ClN3O4. The molecule has 0 spiro atoms. The number of H-pyrrole nitrogens is 1. The molecule has 0 unspecified atom stereocenters. The number of nitrogens with zero attached hydrogens (tertiary/aromatic N) is 1. The molecule has 1 amide bonds. The number of fused-ring (bicyclic) bond motifs is 1. The molecule has 0 radical (unpaired) electrons. The van der Waals surface area contributed by atoms with E-state index in [-0.39, 0.29) is 35.2 Å². The van der Waals surface area contributed by atoms with Crippen LogP contribution >= 0.6 is 11.6 Å². The van der Waals surface area contributed by atoms with Crippen molar-refractivity contribution in [2.45, 2.75) is 39.0 Å². The summed E-state index contributed by atoms with van der Waals surface area (Å²) in [6.45, 7) is 5.31. The van der Waals surface area contributed by atoms with E-state index in [1.165, 1.54) is 0 Å². The Bertz CT molecular complexity index is 1020. The summed E-state index contributed by atoms with van der Waals surface area (Å²) in [7, 11) is 0. The lowest BCUT2D eigenvalue weighted by Crippen LogP contribution is -2.39. The molecule has 3 N–H and O–H groups in total. The van der Waals surface area contributed by atoms with Gasteiger partial charge in [-0.25, -0.2) is 0 Å². The Hall–Kier alpha value is -2.35. The molecule has 0 bridgehead atoms. The summed E-state index contributed by atoms with van der Waals surface area (Å²) < 4.78 is 11.3. The van der Waals surface area contributed by atoms with Crippen molar-refractivity contribution in [3.8, 4) is 5.75 Å². The summed E-state index contributed by atoms with van der Waals surface area (Å²) >= 11 is 6.58. The fourth-order valence-electron chi connectivity index (χ4n) is 3.90. The average Bonchev–Trinajstić information content (AvgIpc) is 3.06. The molecular weight excluding hydrogens is 394 g/mol. The van der Waals surface area contributed by atoms with Crippen LogP contribution in [0.15, 0.2) is 23.0 Å². The minimum atomic E-state index is -0.297. The molecule has 1 saturated heterocycles. The third-order valence-corrected chi connectivity index (χ3v) is 5.91. The molecule has 29 heavy (non-hydrogen) atoms. The van der Waals surface area contributed by atoms with Crippen LogP contribution in [0, 0.1) is 13.8 Å². The lowest BCUT2D eigenvalue weighted by atomic mass is 9.97. The van der Waals surface area contributed by atoms with Gasteiger partial charge in [-0.2, -0.15) is 0 Å². The number of rotatable bonds is 4. The van der Waals surface area contributed by atoms with Crippen molar-refractivity contribution in [1.29, 1.82) is 0 Å². The van der Waals surface area contributed by atoms with Crippen molar-refractivity contribution < 1.29 is 14.3 Å². The quantitative estimate of drug-likeness (QED) is 0.792. The number of carbonyl (C=O) groups excluding carboxylic acids is 1. The van der Waals surface area contributed by atoms with Gasteiger partial charge in [-0.1, -0.05) is 17.7 Å². The van der Waals surface area contributed by atoms with Gasteiger partial charge in [0.2, 0.25) is 0 Å². The molecule has 2 aliphatic heterocycles. The van der Waals surface area contributed by atoms with E-state index in [1.807, 2.05) is 26.0 Å². The summed E-state index contributed by atoms with van der Waals surface area (Å²) in [5.41, 5.74) is 9.38. The Morgan fingerprint density at radius 3 is 2.79 bits per heavy atom. The molecule has 8 heteroatoms. The highest BCUT2D eigenvalue weighted by Crippen LogP contribution is 2.35. The standard InChI is InChI=1S/C21H24ClN3O4/c1-11-7-12(2)24-20(26)14(11)8-25-6-5-13-3-4-16(19(22)18(13)21(25)27)29-17-10-28-9-15(17)23/h3-4,7,15,17H,5-6,8-10,23H2,1-2H3,(H,24,26)/t15-,17+/m0/s1. The second kappa shape index (κ2) is 7.82.